The summed E-state index contributed by atoms with van der Waals surface area (Å²) in [7, 11) is 0. The van der Waals surface area contributed by atoms with E-state index in [1.165, 1.54) is 5.57 Å². The van der Waals surface area contributed by atoms with Crippen LogP contribution in [0.15, 0.2) is 35.4 Å². The van der Waals surface area contributed by atoms with E-state index in [2.05, 4.69) is 53.8 Å². The molecular formula is C49H68ClNO7. The van der Waals surface area contributed by atoms with E-state index in [1.54, 1.807) is 24.3 Å². The SMILES string of the molecule is CC(C)C1=C2[C@H]3CC[C@@H]4[C@@]5(C)CC[C@H](OC(=O)[C@@H]6C[C@H](OC=O)C6(C)C)C(C)(C)[C@@H]5CC[C@@]4(C)[C@]3(C)CC[C@@]2(NC(=O)C(C)(C)CC(=O)c2ccc(Cl)cc2)CC1=O. The standard InChI is InChI=1S/C49H68ClNO7/c1-28(2)39-34(54)26-49(51-42(56)43(3,4)25-33(53)29-12-14-30(50)15-13-29)23-22-47(10)31(40(39)49)16-17-36-46(9)20-19-37(45(7,8)35(46)18-21-48(36,47)11)58-41(55)32-24-38(57-27-52)44(32,5)6/h12-15,27-28,31-32,35-38H,16-26H2,1-11H3,(H,51,56)/t31-,32+,35+,36-,37+,38+,46+,47-,48-,49-/m1/s1. The average Bonchev–Trinajstić information content (AvgIpc) is 3.43. The minimum absolute atomic E-state index is 0.00543. The number of ketones is 2. The lowest BCUT2D eigenvalue weighted by Crippen LogP contribution is -2.67. The van der Waals surface area contributed by atoms with Crippen molar-refractivity contribution in [3.05, 3.63) is 46.0 Å². The fourth-order valence-corrected chi connectivity index (χ4v) is 14.5. The normalized spacial score (nSPS) is 38.7. The minimum atomic E-state index is -0.987. The van der Waals surface area contributed by atoms with Crippen molar-refractivity contribution in [1.82, 2.24) is 5.32 Å². The first kappa shape index (κ1) is 43.1. The van der Waals surface area contributed by atoms with Gasteiger partial charge in [-0.1, -0.05) is 87.8 Å². The van der Waals surface area contributed by atoms with Gasteiger partial charge < -0.3 is 14.8 Å². The number of hydrogen-bond acceptors (Lipinski definition) is 7. The molecule has 1 N–H and O–H groups in total. The molecule has 0 heterocycles. The number of nitrogens with one attached hydrogen (secondary N) is 1. The Hall–Kier alpha value is -3.00. The van der Waals surface area contributed by atoms with E-state index in [-0.39, 0.29) is 87.9 Å². The lowest BCUT2D eigenvalue weighted by molar-refractivity contribution is -0.236. The van der Waals surface area contributed by atoms with E-state index >= 15 is 0 Å². The van der Waals surface area contributed by atoms with Crippen molar-refractivity contribution in [2.75, 3.05) is 0 Å². The van der Waals surface area contributed by atoms with Crippen molar-refractivity contribution in [1.29, 1.82) is 0 Å². The number of rotatable bonds is 10. The van der Waals surface area contributed by atoms with Gasteiger partial charge in [-0.25, -0.2) is 0 Å². The average molecular weight is 819 g/mol. The number of hydrogen-bond donors (Lipinski definition) is 1. The summed E-state index contributed by atoms with van der Waals surface area (Å²) in [4.78, 5) is 66.7. The summed E-state index contributed by atoms with van der Waals surface area (Å²) < 4.78 is 11.7. The van der Waals surface area contributed by atoms with Crippen LogP contribution in [-0.2, 0) is 28.7 Å². The number of fused-ring (bicyclic) bond motifs is 7. The topological polar surface area (TPSA) is 116 Å². The zero-order valence-corrected chi connectivity index (χ0v) is 37.7. The van der Waals surface area contributed by atoms with Gasteiger partial charge in [-0.15, -0.1) is 0 Å². The van der Waals surface area contributed by atoms with E-state index in [4.69, 9.17) is 21.1 Å². The van der Waals surface area contributed by atoms with E-state index in [1.807, 2.05) is 27.7 Å². The number of carbonyl (C=O) groups excluding carboxylic acids is 5. The highest BCUT2D eigenvalue weighted by molar-refractivity contribution is 6.30. The Balaban J connectivity index is 1.13. The summed E-state index contributed by atoms with van der Waals surface area (Å²) >= 11 is 6.08. The van der Waals surface area contributed by atoms with Gasteiger partial charge >= 0.3 is 5.97 Å². The van der Waals surface area contributed by atoms with Crippen molar-refractivity contribution in [3.8, 4) is 0 Å². The molecule has 0 radical (unpaired) electrons. The minimum Gasteiger partial charge on any atom is -0.464 e. The van der Waals surface area contributed by atoms with Gasteiger partial charge in [-0.05, 0) is 133 Å². The molecule has 0 bridgehead atoms. The second kappa shape index (κ2) is 14.3. The zero-order valence-electron chi connectivity index (χ0n) is 36.9. The first-order chi connectivity index (χ1) is 26.9. The second-order valence-electron chi connectivity index (χ2n) is 22.3. The van der Waals surface area contributed by atoms with E-state index in [0.29, 0.717) is 41.7 Å². The van der Waals surface area contributed by atoms with Crippen LogP contribution < -0.4 is 5.32 Å². The van der Waals surface area contributed by atoms with Crippen molar-refractivity contribution in [3.63, 3.8) is 0 Å². The van der Waals surface area contributed by atoms with Gasteiger partial charge in [-0.3, -0.25) is 24.0 Å². The molecule has 6 aliphatic rings. The summed E-state index contributed by atoms with van der Waals surface area (Å²) in [6.45, 7) is 24.6. The molecule has 0 unspecified atom stereocenters. The van der Waals surface area contributed by atoms with Crippen LogP contribution >= 0.6 is 11.6 Å². The number of esters is 1. The Morgan fingerprint density at radius 2 is 1.53 bits per heavy atom. The van der Waals surface area contributed by atoms with Crippen molar-refractivity contribution in [2.24, 2.45) is 62.1 Å². The smallest absolute Gasteiger partial charge is 0.310 e. The maximum absolute atomic E-state index is 14.4. The number of allylic oxidation sites excluding steroid dienone is 1. The van der Waals surface area contributed by atoms with Gasteiger partial charge in [-0.2, -0.15) is 0 Å². The molecule has 318 valence electrons. The van der Waals surface area contributed by atoms with Crippen molar-refractivity contribution in [2.45, 2.75) is 165 Å². The number of carbonyl (C=O) groups is 5. The molecular weight excluding hydrogens is 750 g/mol. The van der Waals surface area contributed by atoms with Crippen LogP contribution in [0.5, 0.6) is 0 Å². The molecule has 0 spiro atoms. The van der Waals surface area contributed by atoms with Crippen LogP contribution in [0.3, 0.4) is 0 Å². The van der Waals surface area contributed by atoms with Gasteiger partial charge in [0.15, 0.2) is 11.6 Å². The Bertz CT molecular complexity index is 1910. The zero-order chi connectivity index (χ0) is 42.6. The molecule has 1 aromatic rings. The molecule has 0 saturated heterocycles. The second-order valence-corrected chi connectivity index (χ2v) is 22.8. The predicted octanol–water partition coefficient (Wildman–Crippen LogP) is 10.3. The van der Waals surface area contributed by atoms with E-state index in [9.17, 15) is 24.0 Å². The predicted molar refractivity (Wildman–Crippen MR) is 225 cm³/mol. The van der Waals surface area contributed by atoms with Crippen molar-refractivity contribution >= 4 is 41.5 Å². The maximum Gasteiger partial charge on any atom is 0.310 e. The summed E-state index contributed by atoms with van der Waals surface area (Å²) in [6.07, 6.45) is 7.94. The van der Waals surface area contributed by atoms with Gasteiger partial charge in [0.1, 0.15) is 12.2 Å². The number of Topliss-reactive ketones (excluding diaryl/α,β-unsaturated/α-hetero) is 2. The number of halogens is 1. The van der Waals surface area contributed by atoms with Crippen LogP contribution in [0, 0.1) is 62.1 Å². The first-order valence-electron chi connectivity index (χ1n) is 22.1. The third-order valence-electron chi connectivity index (χ3n) is 18.0. The highest BCUT2D eigenvalue weighted by Gasteiger charge is 2.70. The highest BCUT2D eigenvalue weighted by Crippen LogP contribution is 2.76. The van der Waals surface area contributed by atoms with Crippen LogP contribution in [0.2, 0.25) is 5.02 Å². The monoisotopic (exact) mass is 817 g/mol. The highest BCUT2D eigenvalue weighted by atomic mass is 35.5. The van der Waals surface area contributed by atoms with Crippen molar-refractivity contribution < 1.29 is 33.4 Å². The molecule has 8 nitrogen and oxygen atoms in total. The van der Waals surface area contributed by atoms with Crippen LogP contribution in [0.25, 0.3) is 0 Å². The maximum atomic E-state index is 14.4. The number of amides is 1. The Labute approximate surface area is 351 Å². The Kier molecular flexibility index (Phi) is 10.6. The number of ether oxygens (including phenoxy) is 2. The van der Waals surface area contributed by atoms with Gasteiger partial charge in [0.25, 0.3) is 6.47 Å². The number of benzene rings is 1. The van der Waals surface area contributed by atoms with Crippen LogP contribution in [-0.4, -0.2) is 47.7 Å². The molecule has 1 amide bonds. The summed E-state index contributed by atoms with van der Waals surface area (Å²) in [5.41, 5.74) is 0.193. The van der Waals surface area contributed by atoms with Gasteiger partial charge in [0, 0.05) is 34.3 Å². The quantitative estimate of drug-likeness (QED) is 0.142. The Morgan fingerprint density at radius 1 is 0.862 bits per heavy atom. The lowest BCUT2D eigenvalue weighted by atomic mass is 9.33. The molecule has 5 fully saturated rings. The third-order valence-corrected chi connectivity index (χ3v) is 18.3. The lowest BCUT2D eigenvalue weighted by Gasteiger charge is -2.72. The molecule has 9 heteroatoms. The van der Waals surface area contributed by atoms with Crippen LogP contribution in [0.4, 0.5) is 0 Å². The third kappa shape index (κ3) is 6.37. The largest absolute Gasteiger partial charge is 0.464 e. The fourth-order valence-electron chi connectivity index (χ4n) is 14.4. The van der Waals surface area contributed by atoms with Gasteiger partial charge in [0.2, 0.25) is 5.91 Å². The molecule has 7 rings (SSSR count). The molecule has 58 heavy (non-hydrogen) atoms. The van der Waals surface area contributed by atoms with Gasteiger partial charge in [0.05, 0.1) is 16.9 Å². The summed E-state index contributed by atoms with van der Waals surface area (Å²) in [5, 5.41) is 4.06. The van der Waals surface area contributed by atoms with E-state index in [0.717, 1.165) is 50.5 Å². The molecule has 1 aromatic carbocycles. The van der Waals surface area contributed by atoms with E-state index < -0.39 is 16.4 Å². The first-order valence-corrected chi connectivity index (χ1v) is 22.5. The summed E-state index contributed by atoms with van der Waals surface area (Å²) in [5.74, 6) is 0.440. The Morgan fingerprint density at radius 3 is 2.16 bits per heavy atom. The van der Waals surface area contributed by atoms with Crippen LogP contribution in [0.1, 0.15) is 157 Å². The molecule has 10 atom stereocenters. The fraction of sp³-hybridized carbons (Fsp3) is 0.735. The molecule has 5 saturated carbocycles. The molecule has 0 aliphatic heterocycles. The molecule has 6 aliphatic carbocycles. The summed E-state index contributed by atoms with van der Waals surface area (Å²) in [6, 6.07) is 6.80. The molecule has 0 aromatic heterocycles.